The van der Waals surface area contributed by atoms with Crippen molar-refractivity contribution in [2.45, 2.75) is 31.8 Å². The average Bonchev–Trinajstić information content (AvgIpc) is 3.38. The highest BCUT2D eigenvalue weighted by molar-refractivity contribution is 7.14. The molecule has 0 bridgehead atoms. The highest BCUT2D eigenvalue weighted by Gasteiger charge is 2.32. The minimum absolute atomic E-state index is 0.235. The van der Waals surface area contributed by atoms with Crippen molar-refractivity contribution in [2.75, 3.05) is 12.4 Å². The molecule has 0 aliphatic carbocycles. The molecule has 2 atom stereocenters. The van der Waals surface area contributed by atoms with Crippen LogP contribution in [-0.4, -0.2) is 32.8 Å². The lowest BCUT2D eigenvalue weighted by Gasteiger charge is -2.15. The third-order valence-corrected chi connectivity index (χ3v) is 5.86. The smallest absolute Gasteiger partial charge is 0.329 e. The molecular weight excluding hydrogens is 378 g/mol. The van der Waals surface area contributed by atoms with Gasteiger partial charge in [-0.15, -0.1) is 10.2 Å². The third-order valence-electron chi connectivity index (χ3n) is 4.70. The zero-order chi connectivity index (χ0) is 19.7. The van der Waals surface area contributed by atoms with Crippen LogP contribution in [0.15, 0.2) is 41.3 Å². The minimum atomic E-state index is -0.622. The van der Waals surface area contributed by atoms with Gasteiger partial charge in [0.15, 0.2) is 0 Å². The Kier molecular flexibility index (Phi) is 4.91. The third kappa shape index (κ3) is 3.29. The van der Waals surface area contributed by atoms with Crippen LogP contribution in [0.25, 0.3) is 10.6 Å². The summed E-state index contributed by atoms with van der Waals surface area (Å²) >= 11 is 1.47. The number of hydrogen-bond acceptors (Lipinski definition) is 8. The molecule has 4 rings (SSSR count). The number of carbonyl (C=O) groups is 1. The van der Waals surface area contributed by atoms with Gasteiger partial charge in [-0.05, 0) is 13.3 Å². The Bertz CT molecular complexity index is 1060. The molecule has 28 heavy (non-hydrogen) atoms. The number of fused-ring (bicyclic) bond motifs is 1. The Morgan fingerprint density at radius 2 is 2.11 bits per heavy atom. The predicted octanol–water partition coefficient (Wildman–Crippen LogP) is 2.60. The first kappa shape index (κ1) is 18.3. The molecule has 0 saturated carbocycles. The molecule has 0 fully saturated rings. The minimum Gasteiger partial charge on any atom is -0.467 e. The van der Waals surface area contributed by atoms with Crippen molar-refractivity contribution >= 4 is 23.0 Å². The molecule has 3 heterocycles. The van der Waals surface area contributed by atoms with E-state index in [4.69, 9.17) is 4.74 Å². The molecule has 0 amide bonds. The maximum Gasteiger partial charge on any atom is 0.329 e. The topological polar surface area (TPSA) is 99.0 Å². The van der Waals surface area contributed by atoms with E-state index >= 15 is 0 Å². The van der Waals surface area contributed by atoms with E-state index in [-0.39, 0.29) is 11.6 Å². The van der Waals surface area contributed by atoms with E-state index in [0.29, 0.717) is 24.4 Å². The van der Waals surface area contributed by atoms with Crippen LogP contribution in [0.2, 0.25) is 0 Å². The number of nitrogens with one attached hydrogen (secondary N) is 1. The van der Waals surface area contributed by atoms with Crippen LogP contribution in [0.3, 0.4) is 0 Å². The van der Waals surface area contributed by atoms with Crippen LogP contribution >= 0.6 is 11.3 Å². The summed E-state index contributed by atoms with van der Waals surface area (Å²) in [5, 5.41) is 13.2. The van der Waals surface area contributed by atoms with Crippen molar-refractivity contribution in [3.8, 4) is 10.6 Å². The van der Waals surface area contributed by atoms with Gasteiger partial charge in [0.25, 0.3) is 5.56 Å². The number of hydrogen-bond donors (Lipinski definition) is 1. The van der Waals surface area contributed by atoms with Gasteiger partial charge < -0.3 is 10.1 Å². The summed E-state index contributed by atoms with van der Waals surface area (Å²) in [6.07, 6.45) is 2.61. The molecule has 144 valence electrons. The fourth-order valence-electron chi connectivity index (χ4n) is 3.27. The number of anilines is 1. The van der Waals surface area contributed by atoms with Crippen molar-refractivity contribution in [3.05, 3.63) is 57.7 Å². The fourth-order valence-corrected chi connectivity index (χ4v) is 4.12. The standard InChI is InChI=1S/C19H19N5O3S/c1-11(16-22-23-17(28-16)12-6-4-3-5-7-12)21-13-10-20-15-9-8-14(19(26)27-2)24(15)18(13)25/h3-7,10-11,14,21H,8-9H2,1-2H3/t11-,14-/m0/s1. The van der Waals surface area contributed by atoms with Crippen molar-refractivity contribution in [2.24, 2.45) is 0 Å². The van der Waals surface area contributed by atoms with Gasteiger partial charge in [0.1, 0.15) is 27.6 Å². The first-order valence-electron chi connectivity index (χ1n) is 8.92. The van der Waals surface area contributed by atoms with Crippen molar-refractivity contribution < 1.29 is 9.53 Å². The lowest BCUT2D eigenvalue weighted by Crippen LogP contribution is -2.31. The van der Waals surface area contributed by atoms with E-state index in [1.165, 1.54) is 29.2 Å². The molecular formula is C19H19N5O3S. The summed E-state index contributed by atoms with van der Waals surface area (Å²) in [7, 11) is 1.32. The first-order valence-corrected chi connectivity index (χ1v) is 9.73. The second-order valence-corrected chi connectivity index (χ2v) is 7.53. The first-order chi connectivity index (χ1) is 13.6. The highest BCUT2D eigenvalue weighted by atomic mass is 32.1. The van der Waals surface area contributed by atoms with Crippen LogP contribution in [0.5, 0.6) is 0 Å². The molecule has 0 saturated heterocycles. The van der Waals surface area contributed by atoms with Gasteiger partial charge >= 0.3 is 5.97 Å². The molecule has 1 aromatic carbocycles. The number of benzene rings is 1. The molecule has 0 unspecified atom stereocenters. The quantitative estimate of drug-likeness (QED) is 0.661. The molecule has 3 aromatic rings. The normalized spacial score (nSPS) is 16.4. The molecule has 8 nitrogen and oxygen atoms in total. The number of methoxy groups -OCH3 is 1. The van der Waals surface area contributed by atoms with E-state index < -0.39 is 12.0 Å². The molecule has 1 aliphatic rings. The second-order valence-electron chi connectivity index (χ2n) is 6.52. The van der Waals surface area contributed by atoms with Gasteiger partial charge in [0.2, 0.25) is 0 Å². The maximum atomic E-state index is 12.9. The molecule has 0 radical (unpaired) electrons. The van der Waals surface area contributed by atoms with Gasteiger partial charge in [-0.25, -0.2) is 9.78 Å². The van der Waals surface area contributed by atoms with Crippen LogP contribution < -0.4 is 10.9 Å². The number of carbonyl (C=O) groups excluding carboxylic acids is 1. The molecule has 0 spiro atoms. The van der Waals surface area contributed by atoms with Crippen molar-refractivity contribution in [3.63, 3.8) is 0 Å². The Hall–Kier alpha value is -3.07. The summed E-state index contributed by atoms with van der Waals surface area (Å²) in [6, 6.07) is 8.95. The molecule has 9 heteroatoms. The van der Waals surface area contributed by atoms with Crippen LogP contribution in [0.1, 0.15) is 36.3 Å². The Morgan fingerprint density at radius 1 is 1.32 bits per heavy atom. The van der Waals surface area contributed by atoms with Crippen molar-refractivity contribution in [1.29, 1.82) is 0 Å². The lowest BCUT2D eigenvalue weighted by atomic mass is 10.2. The van der Waals surface area contributed by atoms with E-state index in [9.17, 15) is 9.59 Å². The van der Waals surface area contributed by atoms with E-state index in [0.717, 1.165) is 15.6 Å². The largest absolute Gasteiger partial charge is 0.467 e. The lowest BCUT2D eigenvalue weighted by molar-refractivity contribution is -0.144. The summed E-state index contributed by atoms with van der Waals surface area (Å²) in [6.45, 7) is 1.91. The summed E-state index contributed by atoms with van der Waals surface area (Å²) < 4.78 is 6.24. The monoisotopic (exact) mass is 397 g/mol. The summed E-state index contributed by atoms with van der Waals surface area (Å²) in [5.74, 6) is 0.172. The molecule has 2 aromatic heterocycles. The maximum absolute atomic E-state index is 12.9. The van der Waals surface area contributed by atoms with Crippen LogP contribution in [0, 0.1) is 0 Å². The number of esters is 1. The SMILES string of the molecule is COC(=O)[C@@H]1CCc2ncc(N[C@@H](C)c3nnc(-c4ccccc4)s3)c(=O)n21. The zero-order valence-corrected chi connectivity index (χ0v) is 16.3. The van der Waals surface area contributed by atoms with Gasteiger partial charge in [-0.2, -0.15) is 0 Å². The van der Waals surface area contributed by atoms with Gasteiger partial charge in [-0.3, -0.25) is 9.36 Å². The zero-order valence-electron chi connectivity index (χ0n) is 15.5. The highest BCUT2D eigenvalue weighted by Crippen LogP contribution is 2.28. The van der Waals surface area contributed by atoms with Crippen molar-refractivity contribution in [1.82, 2.24) is 19.7 Å². The number of aryl methyl sites for hydroxylation is 1. The summed E-state index contributed by atoms with van der Waals surface area (Å²) in [5.41, 5.74) is 1.04. The Labute approximate surface area is 165 Å². The molecule has 1 N–H and O–H groups in total. The van der Waals surface area contributed by atoms with Crippen LogP contribution in [-0.2, 0) is 16.0 Å². The van der Waals surface area contributed by atoms with Gasteiger partial charge in [0.05, 0.1) is 19.3 Å². The predicted molar refractivity (Wildman–Crippen MR) is 105 cm³/mol. The van der Waals surface area contributed by atoms with E-state index in [2.05, 4.69) is 20.5 Å². The van der Waals surface area contributed by atoms with E-state index in [1.807, 2.05) is 37.3 Å². The number of rotatable bonds is 5. The Morgan fingerprint density at radius 3 is 2.86 bits per heavy atom. The van der Waals surface area contributed by atoms with Gasteiger partial charge in [0, 0.05) is 12.0 Å². The summed E-state index contributed by atoms with van der Waals surface area (Å²) in [4.78, 5) is 29.2. The van der Waals surface area contributed by atoms with Gasteiger partial charge in [-0.1, -0.05) is 41.7 Å². The van der Waals surface area contributed by atoms with Crippen LogP contribution in [0.4, 0.5) is 5.69 Å². The fraction of sp³-hybridized carbons (Fsp3) is 0.316. The Balaban J connectivity index is 1.58. The average molecular weight is 397 g/mol. The number of ether oxygens (including phenoxy) is 1. The second kappa shape index (κ2) is 7.51. The van der Waals surface area contributed by atoms with E-state index in [1.54, 1.807) is 0 Å². The number of aromatic nitrogens is 4. The number of nitrogens with zero attached hydrogens (tertiary/aromatic N) is 4. The molecule has 1 aliphatic heterocycles.